The van der Waals surface area contributed by atoms with Crippen molar-refractivity contribution < 1.29 is 9.53 Å². The molecule has 2 rings (SSSR count). The molecule has 1 amide bonds. The number of hydrogen-bond acceptors (Lipinski definition) is 2. The van der Waals surface area contributed by atoms with Gasteiger partial charge in [0.15, 0.2) is 0 Å². The number of ether oxygens (including phenoxy) is 1. The lowest BCUT2D eigenvalue weighted by molar-refractivity contribution is 0.00208. The molecular formula is C15H19Br2NO2. The monoisotopic (exact) mass is 403 g/mol. The molecule has 0 saturated carbocycles. The van der Waals surface area contributed by atoms with Crippen LogP contribution >= 0.6 is 31.9 Å². The average Bonchev–Trinajstić information content (AvgIpc) is 2.47. The van der Waals surface area contributed by atoms with E-state index >= 15 is 0 Å². The van der Waals surface area contributed by atoms with E-state index in [4.69, 9.17) is 4.74 Å². The fraction of sp³-hybridized carbons (Fsp3) is 0.533. The van der Waals surface area contributed by atoms with Crippen molar-refractivity contribution in [2.75, 3.05) is 19.7 Å². The van der Waals surface area contributed by atoms with Crippen molar-refractivity contribution in [3.05, 3.63) is 32.7 Å². The minimum Gasteiger partial charge on any atom is -0.376 e. The minimum atomic E-state index is 0.0722. The summed E-state index contributed by atoms with van der Waals surface area (Å²) in [5.74, 6) is 0.0722. The molecule has 1 heterocycles. The Morgan fingerprint density at radius 2 is 2.25 bits per heavy atom. The lowest BCUT2D eigenvalue weighted by atomic mass is 10.1. The van der Waals surface area contributed by atoms with Crippen molar-refractivity contribution in [3.63, 3.8) is 0 Å². The van der Waals surface area contributed by atoms with Gasteiger partial charge in [-0.1, -0.05) is 22.9 Å². The Morgan fingerprint density at radius 3 is 3.00 bits per heavy atom. The van der Waals surface area contributed by atoms with Gasteiger partial charge in [-0.25, -0.2) is 0 Å². The number of nitrogens with zero attached hydrogens (tertiary/aromatic N) is 1. The van der Waals surface area contributed by atoms with Crippen LogP contribution < -0.4 is 0 Å². The van der Waals surface area contributed by atoms with Crippen LogP contribution in [-0.4, -0.2) is 36.6 Å². The Balaban J connectivity index is 2.06. The van der Waals surface area contributed by atoms with Crippen molar-refractivity contribution in [1.82, 2.24) is 4.90 Å². The van der Waals surface area contributed by atoms with E-state index in [2.05, 4.69) is 38.8 Å². The fourth-order valence-corrected chi connectivity index (χ4v) is 3.15. The topological polar surface area (TPSA) is 29.5 Å². The van der Waals surface area contributed by atoms with Gasteiger partial charge in [0, 0.05) is 28.6 Å². The predicted octanol–water partition coefficient (Wildman–Crippen LogP) is 4.24. The summed E-state index contributed by atoms with van der Waals surface area (Å²) in [6.45, 7) is 4.37. The van der Waals surface area contributed by atoms with Gasteiger partial charge in [0.05, 0.1) is 11.7 Å². The van der Waals surface area contributed by atoms with E-state index in [1.54, 1.807) is 0 Å². The van der Waals surface area contributed by atoms with E-state index in [9.17, 15) is 4.79 Å². The molecule has 1 unspecified atom stereocenters. The molecule has 5 heteroatoms. The highest BCUT2D eigenvalue weighted by Gasteiger charge is 2.25. The summed E-state index contributed by atoms with van der Waals surface area (Å²) in [5.41, 5.74) is 0.704. The SMILES string of the molecule is CCCOC1CCCN(C(=O)c2cc(Br)ccc2Br)C1. The molecule has 1 aromatic carbocycles. The molecule has 1 aromatic rings. The summed E-state index contributed by atoms with van der Waals surface area (Å²) in [4.78, 5) is 14.5. The van der Waals surface area contributed by atoms with E-state index in [0.29, 0.717) is 12.1 Å². The standard InChI is InChI=1S/C15H19Br2NO2/c1-2-8-20-12-4-3-7-18(10-12)15(19)13-9-11(16)5-6-14(13)17/h5-6,9,12H,2-4,7-8,10H2,1H3. The van der Waals surface area contributed by atoms with Crippen LogP contribution in [0.25, 0.3) is 0 Å². The van der Waals surface area contributed by atoms with Gasteiger partial charge in [-0.05, 0) is 53.4 Å². The molecule has 110 valence electrons. The number of piperidine rings is 1. The molecule has 1 atom stereocenters. The second kappa shape index (κ2) is 7.57. The van der Waals surface area contributed by atoms with E-state index in [0.717, 1.165) is 41.4 Å². The summed E-state index contributed by atoms with van der Waals surface area (Å²) in [7, 11) is 0. The Bertz CT molecular complexity index is 479. The predicted molar refractivity (Wildman–Crippen MR) is 87.0 cm³/mol. The normalized spacial score (nSPS) is 19.1. The maximum Gasteiger partial charge on any atom is 0.255 e. The summed E-state index contributed by atoms with van der Waals surface area (Å²) in [5, 5.41) is 0. The first-order chi connectivity index (χ1) is 9.61. The van der Waals surface area contributed by atoms with Crippen LogP contribution in [0.4, 0.5) is 0 Å². The zero-order chi connectivity index (χ0) is 14.5. The van der Waals surface area contributed by atoms with Gasteiger partial charge in [0.1, 0.15) is 0 Å². The molecule has 1 aliphatic rings. The Hall–Kier alpha value is -0.390. The smallest absolute Gasteiger partial charge is 0.255 e. The number of carbonyl (C=O) groups is 1. The fourth-order valence-electron chi connectivity index (χ4n) is 2.37. The van der Waals surface area contributed by atoms with Crippen LogP contribution in [0.3, 0.4) is 0 Å². The molecule has 3 nitrogen and oxygen atoms in total. The van der Waals surface area contributed by atoms with E-state index in [1.165, 1.54) is 0 Å². The third-order valence-corrected chi connectivity index (χ3v) is 4.57. The summed E-state index contributed by atoms with van der Waals surface area (Å²) < 4.78 is 7.54. The lowest BCUT2D eigenvalue weighted by Crippen LogP contribution is -2.43. The second-order valence-corrected chi connectivity index (χ2v) is 6.78. The van der Waals surface area contributed by atoms with E-state index in [1.807, 2.05) is 23.1 Å². The van der Waals surface area contributed by atoms with Crippen LogP contribution in [0, 0.1) is 0 Å². The quantitative estimate of drug-likeness (QED) is 0.750. The first kappa shape index (κ1) is 16.0. The second-order valence-electron chi connectivity index (χ2n) is 5.01. The first-order valence-corrected chi connectivity index (χ1v) is 8.56. The summed E-state index contributed by atoms with van der Waals surface area (Å²) in [6, 6.07) is 5.68. The molecule has 0 aromatic heterocycles. The van der Waals surface area contributed by atoms with Gasteiger partial charge in [-0.3, -0.25) is 4.79 Å². The summed E-state index contributed by atoms with van der Waals surface area (Å²) in [6.07, 6.45) is 3.25. The largest absolute Gasteiger partial charge is 0.376 e. The molecule has 0 N–H and O–H groups in total. The Kier molecular flexibility index (Phi) is 6.05. The molecule has 0 spiro atoms. The number of likely N-dealkylation sites (tertiary alicyclic amines) is 1. The van der Waals surface area contributed by atoms with Crippen LogP contribution in [0.5, 0.6) is 0 Å². The molecule has 1 aliphatic heterocycles. The van der Waals surface area contributed by atoms with Crippen molar-refractivity contribution in [3.8, 4) is 0 Å². The minimum absolute atomic E-state index is 0.0722. The third-order valence-electron chi connectivity index (χ3n) is 3.38. The summed E-state index contributed by atoms with van der Waals surface area (Å²) >= 11 is 6.87. The van der Waals surface area contributed by atoms with E-state index in [-0.39, 0.29) is 12.0 Å². The third kappa shape index (κ3) is 4.06. The van der Waals surface area contributed by atoms with Crippen molar-refractivity contribution in [1.29, 1.82) is 0 Å². The van der Waals surface area contributed by atoms with Crippen molar-refractivity contribution in [2.24, 2.45) is 0 Å². The molecule has 0 aliphatic carbocycles. The number of halogens is 2. The maximum atomic E-state index is 12.6. The molecule has 0 radical (unpaired) electrons. The van der Waals surface area contributed by atoms with Crippen molar-refractivity contribution in [2.45, 2.75) is 32.3 Å². The molecule has 1 fully saturated rings. The first-order valence-electron chi connectivity index (χ1n) is 6.97. The molecule has 1 saturated heterocycles. The average molecular weight is 405 g/mol. The zero-order valence-corrected chi connectivity index (χ0v) is 14.7. The van der Waals surface area contributed by atoms with Crippen LogP contribution in [0.2, 0.25) is 0 Å². The van der Waals surface area contributed by atoms with Crippen LogP contribution in [0.15, 0.2) is 27.1 Å². The Labute approximate surface area is 136 Å². The number of rotatable bonds is 4. The van der Waals surface area contributed by atoms with Crippen LogP contribution in [-0.2, 0) is 4.74 Å². The van der Waals surface area contributed by atoms with Gasteiger partial charge in [-0.2, -0.15) is 0 Å². The van der Waals surface area contributed by atoms with Crippen molar-refractivity contribution >= 4 is 37.8 Å². The number of hydrogen-bond donors (Lipinski definition) is 0. The zero-order valence-electron chi connectivity index (χ0n) is 11.6. The maximum absolute atomic E-state index is 12.6. The van der Waals surface area contributed by atoms with Gasteiger partial charge in [-0.15, -0.1) is 0 Å². The highest BCUT2D eigenvalue weighted by Crippen LogP contribution is 2.24. The number of amides is 1. The highest BCUT2D eigenvalue weighted by atomic mass is 79.9. The number of benzene rings is 1. The highest BCUT2D eigenvalue weighted by molar-refractivity contribution is 9.11. The molecular weight excluding hydrogens is 386 g/mol. The van der Waals surface area contributed by atoms with Gasteiger partial charge >= 0.3 is 0 Å². The molecule has 20 heavy (non-hydrogen) atoms. The van der Waals surface area contributed by atoms with Gasteiger partial charge in [0.2, 0.25) is 0 Å². The molecule has 0 bridgehead atoms. The van der Waals surface area contributed by atoms with E-state index < -0.39 is 0 Å². The Morgan fingerprint density at radius 1 is 1.45 bits per heavy atom. The number of carbonyl (C=O) groups excluding carboxylic acids is 1. The van der Waals surface area contributed by atoms with Gasteiger partial charge < -0.3 is 9.64 Å². The van der Waals surface area contributed by atoms with Crippen LogP contribution in [0.1, 0.15) is 36.5 Å². The van der Waals surface area contributed by atoms with Gasteiger partial charge in [0.25, 0.3) is 5.91 Å². The lowest BCUT2D eigenvalue weighted by Gasteiger charge is -2.33.